The highest BCUT2D eigenvalue weighted by Gasteiger charge is 2.52. The van der Waals surface area contributed by atoms with Crippen LogP contribution in [0.2, 0.25) is 0 Å². The number of carbonyl (C=O) groups excluding carboxylic acids is 3. The third-order valence-corrected chi connectivity index (χ3v) is 8.50. The van der Waals surface area contributed by atoms with Crippen molar-refractivity contribution < 1.29 is 18.8 Å². The highest BCUT2D eigenvalue weighted by molar-refractivity contribution is 5.98. The fraction of sp³-hybridized carbons (Fsp3) is 0.407. The Bertz CT molecular complexity index is 1640. The SMILES string of the molecule is CNC(=O)C12CCC(CNC(=O)c3cc(C(=O)NCc4ccc5oc(=O)[nH]c5c4)nc4ccnn34)(CC1)CC2. The molecule has 3 amide bonds. The van der Waals surface area contributed by atoms with Crippen molar-refractivity contribution in [2.45, 2.75) is 45.1 Å². The predicted octanol–water partition coefficient (Wildman–Crippen LogP) is 1.91. The van der Waals surface area contributed by atoms with Crippen LogP contribution in [0.15, 0.2) is 45.7 Å². The predicted molar refractivity (Wildman–Crippen MR) is 140 cm³/mol. The highest BCUT2D eigenvalue weighted by Crippen LogP contribution is 2.56. The van der Waals surface area contributed by atoms with E-state index in [-0.39, 0.29) is 40.6 Å². The number of hydrogen-bond donors (Lipinski definition) is 4. The van der Waals surface area contributed by atoms with E-state index in [1.165, 1.54) is 16.8 Å². The molecule has 3 heterocycles. The molecule has 3 saturated carbocycles. The minimum absolute atomic E-state index is 0.0255. The Morgan fingerprint density at radius 3 is 2.54 bits per heavy atom. The van der Waals surface area contributed by atoms with Gasteiger partial charge in [-0.3, -0.25) is 19.4 Å². The Hall–Kier alpha value is -4.48. The lowest BCUT2D eigenvalue weighted by molar-refractivity contribution is -0.139. The van der Waals surface area contributed by atoms with Gasteiger partial charge in [0.05, 0.1) is 11.7 Å². The molecule has 39 heavy (non-hydrogen) atoms. The first-order chi connectivity index (χ1) is 18.8. The van der Waals surface area contributed by atoms with Gasteiger partial charge >= 0.3 is 5.76 Å². The average Bonchev–Trinajstić information content (AvgIpc) is 3.59. The first-order valence-corrected chi connectivity index (χ1v) is 13.1. The lowest BCUT2D eigenvalue weighted by Gasteiger charge is -2.52. The molecule has 4 N–H and O–H groups in total. The summed E-state index contributed by atoms with van der Waals surface area (Å²) in [5, 5.41) is 12.9. The second kappa shape index (κ2) is 9.37. The molecule has 3 aliphatic rings. The van der Waals surface area contributed by atoms with Crippen LogP contribution >= 0.6 is 0 Å². The molecule has 12 heteroatoms. The van der Waals surface area contributed by atoms with E-state index in [4.69, 9.17) is 4.42 Å². The van der Waals surface area contributed by atoms with Crippen LogP contribution in [-0.2, 0) is 11.3 Å². The first kappa shape index (κ1) is 24.8. The lowest BCUT2D eigenvalue weighted by atomic mass is 9.53. The maximum Gasteiger partial charge on any atom is 0.417 e. The van der Waals surface area contributed by atoms with Crippen molar-refractivity contribution in [3.05, 3.63) is 64.0 Å². The molecule has 0 aliphatic heterocycles. The quantitative estimate of drug-likeness (QED) is 0.283. The fourth-order valence-electron chi connectivity index (χ4n) is 6.07. The number of nitrogens with zero attached hydrogens (tertiary/aromatic N) is 3. The molecule has 0 unspecified atom stereocenters. The number of fused-ring (bicyclic) bond motifs is 5. The summed E-state index contributed by atoms with van der Waals surface area (Å²) in [5.41, 5.74) is 2.14. The van der Waals surface area contributed by atoms with Gasteiger partial charge in [-0.2, -0.15) is 5.10 Å². The topological polar surface area (TPSA) is 163 Å². The van der Waals surface area contributed by atoms with Crippen LogP contribution in [0.3, 0.4) is 0 Å². The van der Waals surface area contributed by atoms with Crippen molar-refractivity contribution >= 4 is 34.5 Å². The van der Waals surface area contributed by atoms with Gasteiger partial charge in [0.25, 0.3) is 11.8 Å². The Morgan fingerprint density at radius 1 is 1.03 bits per heavy atom. The number of oxazole rings is 1. The largest absolute Gasteiger partial charge is 0.417 e. The summed E-state index contributed by atoms with van der Waals surface area (Å²) in [6.07, 6.45) is 6.68. The fourth-order valence-corrected chi connectivity index (χ4v) is 6.07. The number of H-pyrrole nitrogens is 1. The number of nitrogens with one attached hydrogen (secondary N) is 4. The van der Waals surface area contributed by atoms with E-state index >= 15 is 0 Å². The van der Waals surface area contributed by atoms with Gasteiger partial charge in [-0.15, -0.1) is 0 Å². The summed E-state index contributed by atoms with van der Waals surface area (Å²) in [6.45, 7) is 0.691. The first-order valence-electron chi connectivity index (χ1n) is 13.1. The molecular weight excluding hydrogens is 502 g/mol. The molecule has 12 nitrogen and oxygen atoms in total. The maximum atomic E-state index is 13.3. The van der Waals surface area contributed by atoms with Crippen molar-refractivity contribution in [3.8, 4) is 0 Å². The van der Waals surface area contributed by atoms with Crippen LogP contribution in [0.4, 0.5) is 0 Å². The maximum absolute atomic E-state index is 13.3. The van der Waals surface area contributed by atoms with Crippen LogP contribution in [0.1, 0.15) is 65.1 Å². The number of benzene rings is 1. The summed E-state index contributed by atoms with van der Waals surface area (Å²) >= 11 is 0. The third kappa shape index (κ3) is 4.45. The van der Waals surface area contributed by atoms with E-state index in [9.17, 15) is 19.2 Å². The van der Waals surface area contributed by atoms with Crippen molar-refractivity contribution in [1.29, 1.82) is 0 Å². The van der Waals surface area contributed by atoms with E-state index in [2.05, 4.69) is 31.0 Å². The van der Waals surface area contributed by atoms with Crippen LogP contribution in [0.25, 0.3) is 16.7 Å². The molecule has 202 valence electrons. The molecule has 7 rings (SSSR count). The van der Waals surface area contributed by atoms with Crippen molar-refractivity contribution in [1.82, 2.24) is 35.5 Å². The average molecular weight is 532 g/mol. The van der Waals surface area contributed by atoms with E-state index in [1.807, 2.05) is 0 Å². The van der Waals surface area contributed by atoms with Gasteiger partial charge in [0.15, 0.2) is 11.2 Å². The van der Waals surface area contributed by atoms with Crippen molar-refractivity contribution in [2.75, 3.05) is 13.6 Å². The van der Waals surface area contributed by atoms with E-state index < -0.39 is 11.7 Å². The summed E-state index contributed by atoms with van der Waals surface area (Å²) in [4.78, 5) is 57.1. The van der Waals surface area contributed by atoms with Gasteiger partial charge in [-0.25, -0.2) is 14.3 Å². The second-order valence-corrected chi connectivity index (χ2v) is 10.7. The summed E-state index contributed by atoms with van der Waals surface area (Å²) in [6, 6.07) is 8.21. The van der Waals surface area contributed by atoms with Crippen LogP contribution in [0.5, 0.6) is 0 Å². The zero-order valence-corrected chi connectivity index (χ0v) is 21.5. The van der Waals surface area contributed by atoms with E-state index in [1.54, 1.807) is 31.3 Å². The monoisotopic (exact) mass is 531 g/mol. The minimum atomic E-state index is -0.543. The number of aromatic amines is 1. The molecule has 0 radical (unpaired) electrons. The van der Waals surface area contributed by atoms with Gasteiger partial charge in [0.2, 0.25) is 5.91 Å². The third-order valence-electron chi connectivity index (χ3n) is 8.50. The molecular formula is C27H29N7O5. The highest BCUT2D eigenvalue weighted by atomic mass is 16.4. The van der Waals surface area contributed by atoms with Gasteiger partial charge in [-0.1, -0.05) is 6.07 Å². The van der Waals surface area contributed by atoms with Gasteiger partial charge < -0.3 is 20.4 Å². The molecule has 3 fully saturated rings. The molecule has 0 saturated heterocycles. The van der Waals surface area contributed by atoms with E-state index in [0.29, 0.717) is 23.3 Å². The molecule has 1 aromatic carbocycles. The number of carbonyl (C=O) groups is 3. The van der Waals surface area contributed by atoms with Gasteiger partial charge in [-0.05, 0) is 61.6 Å². The zero-order valence-electron chi connectivity index (χ0n) is 21.5. The summed E-state index contributed by atoms with van der Waals surface area (Å²) in [7, 11) is 1.69. The molecule has 3 aromatic heterocycles. The Labute approximate surface area is 222 Å². The summed E-state index contributed by atoms with van der Waals surface area (Å²) < 4.78 is 6.43. The molecule has 2 bridgehead atoms. The lowest BCUT2D eigenvalue weighted by Crippen LogP contribution is -2.52. The Morgan fingerprint density at radius 2 is 1.79 bits per heavy atom. The minimum Gasteiger partial charge on any atom is -0.408 e. The Kier molecular flexibility index (Phi) is 5.96. The van der Waals surface area contributed by atoms with Gasteiger partial charge in [0.1, 0.15) is 11.4 Å². The normalized spacial score (nSPS) is 22.2. The second-order valence-electron chi connectivity index (χ2n) is 10.7. The van der Waals surface area contributed by atoms with Gasteiger partial charge in [0, 0.05) is 37.7 Å². The van der Waals surface area contributed by atoms with E-state index in [0.717, 1.165) is 44.1 Å². The number of amides is 3. The van der Waals surface area contributed by atoms with Crippen LogP contribution < -0.4 is 21.7 Å². The molecule has 3 aliphatic carbocycles. The number of hydrogen-bond acceptors (Lipinski definition) is 7. The Balaban J connectivity index is 1.15. The van der Waals surface area contributed by atoms with Crippen LogP contribution in [-0.4, -0.2) is 50.9 Å². The number of rotatable bonds is 7. The zero-order chi connectivity index (χ0) is 27.2. The molecule has 0 atom stereocenters. The smallest absolute Gasteiger partial charge is 0.408 e. The standard InChI is InChI=1S/C27H29N7O5/c1-28-24(37)27-8-5-26(6-9-27,7-10-27)15-30-23(36)19-13-18(32-21-4-11-31-34(19)21)22(35)29-14-16-2-3-20-17(12-16)33-25(38)39-20/h2-4,11-13H,5-10,14-15H2,1H3,(H,28,37)(H,29,35)(H,30,36)(H,33,38). The van der Waals surface area contributed by atoms with Crippen molar-refractivity contribution in [2.24, 2.45) is 10.8 Å². The molecule has 0 spiro atoms. The molecule has 4 aromatic rings. The van der Waals surface area contributed by atoms with Crippen LogP contribution in [0, 0.1) is 10.8 Å². The van der Waals surface area contributed by atoms with Crippen molar-refractivity contribution in [3.63, 3.8) is 0 Å². The summed E-state index contributed by atoms with van der Waals surface area (Å²) in [5.74, 6) is -1.20. The number of aromatic nitrogens is 4.